The van der Waals surface area contributed by atoms with Gasteiger partial charge in [0.25, 0.3) is 0 Å². The summed E-state index contributed by atoms with van der Waals surface area (Å²) in [5.41, 5.74) is 0.335. The minimum absolute atomic E-state index is 0.0830. The van der Waals surface area contributed by atoms with Gasteiger partial charge in [0.05, 0.1) is 16.7 Å². The first-order chi connectivity index (χ1) is 8.61. The molecule has 0 aliphatic rings. The van der Waals surface area contributed by atoms with Crippen molar-refractivity contribution in [2.45, 2.75) is 0 Å². The summed E-state index contributed by atoms with van der Waals surface area (Å²) in [5, 5.41) is 8.77. The van der Waals surface area contributed by atoms with Crippen molar-refractivity contribution < 1.29 is 13.5 Å². The van der Waals surface area contributed by atoms with Crippen molar-refractivity contribution in [2.75, 3.05) is 0 Å². The van der Waals surface area contributed by atoms with Gasteiger partial charge in [-0.1, -0.05) is 17.7 Å². The Morgan fingerprint density at radius 1 is 1.11 bits per heavy atom. The van der Waals surface area contributed by atoms with E-state index in [2.05, 4.69) is 0 Å². The fourth-order valence-electron chi connectivity index (χ4n) is 1.34. The number of rotatable bonds is 2. The molecular formula is C13H6ClF2NO. The molecule has 0 aliphatic heterocycles. The van der Waals surface area contributed by atoms with E-state index in [4.69, 9.17) is 21.6 Å². The van der Waals surface area contributed by atoms with Gasteiger partial charge in [0, 0.05) is 0 Å². The Morgan fingerprint density at radius 3 is 2.33 bits per heavy atom. The molecule has 0 saturated heterocycles. The van der Waals surface area contributed by atoms with E-state index in [9.17, 15) is 8.78 Å². The third kappa shape index (κ3) is 2.41. The van der Waals surface area contributed by atoms with Crippen LogP contribution in [0.1, 0.15) is 5.56 Å². The van der Waals surface area contributed by atoms with Crippen molar-refractivity contribution in [3.8, 4) is 17.6 Å². The van der Waals surface area contributed by atoms with Gasteiger partial charge in [-0.2, -0.15) is 5.26 Å². The Morgan fingerprint density at radius 2 is 1.78 bits per heavy atom. The lowest BCUT2D eigenvalue weighted by Crippen LogP contribution is -1.93. The highest BCUT2D eigenvalue weighted by atomic mass is 35.5. The molecule has 0 heterocycles. The Labute approximate surface area is 107 Å². The van der Waals surface area contributed by atoms with Gasteiger partial charge >= 0.3 is 0 Å². The molecule has 0 radical (unpaired) electrons. The summed E-state index contributed by atoms with van der Waals surface area (Å²) in [6, 6.07) is 9.47. The summed E-state index contributed by atoms with van der Waals surface area (Å²) in [6.45, 7) is 0. The maximum Gasteiger partial charge on any atom is 0.198 e. The van der Waals surface area contributed by atoms with Crippen LogP contribution in [0.25, 0.3) is 0 Å². The summed E-state index contributed by atoms with van der Waals surface area (Å²) in [7, 11) is 0. The SMILES string of the molecule is N#Cc1ccc(Oc2c(F)cccc2F)c(Cl)c1. The summed E-state index contributed by atoms with van der Waals surface area (Å²) in [6.07, 6.45) is 0. The third-order valence-corrected chi connectivity index (χ3v) is 2.49. The molecule has 0 atom stereocenters. The molecule has 2 aromatic carbocycles. The number of halogens is 3. The van der Waals surface area contributed by atoms with Crippen molar-refractivity contribution in [2.24, 2.45) is 0 Å². The molecule has 2 rings (SSSR count). The molecule has 0 unspecified atom stereocenters. The van der Waals surface area contributed by atoms with Gasteiger partial charge in [-0.25, -0.2) is 8.78 Å². The summed E-state index contributed by atoms with van der Waals surface area (Å²) in [5.74, 6) is -2.09. The number of nitriles is 1. The van der Waals surface area contributed by atoms with E-state index in [1.807, 2.05) is 6.07 Å². The molecule has 18 heavy (non-hydrogen) atoms. The Kier molecular flexibility index (Phi) is 3.45. The van der Waals surface area contributed by atoms with Crippen LogP contribution in [0.5, 0.6) is 11.5 Å². The molecule has 0 aliphatic carbocycles. The van der Waals surface area contributed by atoms with Crippen LogP contribution >= 0.6 is 11.6 Å². The first kappa shape index (κ1) is 12.3. The molecule has 0 bridgehead atoms. The van der Waals surface area contributed by atoms with Crippen LogP contribution in [-0.4, -0.2) is 0 Å². The molecule has 90 valence electrons. The lowest BCUT2D eigenvalue weighted by molar-refractivity contribution is 0.407. The number of ether oxygens (including phenoxy) is 1. The van der Waals surface area contributed by atoms with E-state index < -0.39 is 17.4 Å². The van der Waals surface area contributed by atoms with Crippen LogP contribution in [0.2, 0.25) is 5.02 Å². The Balaban J connectivity index is 2.38. The monoisotopic (exact) mass is 265 g/mol. The molecule has 0 amide bonds. The number of hydrogen-bond acceptors (Lipinski definition) is 2. The fraction of sp³-hybridized carbons (Fsp3) is 0. The van der Waals surface area contributed by atoms with Gasteiger partial charge in [-0.15, -0.1) is 0 Å². The van der Waals surface area contributed by atoms with E-state index in [1.54, 1.807) is 0 Å². The Hall–Kier alpha value is -2.12. The van der Waals surface area contributed by atoms with Gasteiger partial charge in [-0.3, -0.25) is 0 Å². The molecular weight excluding hydrogens is 260 g/mol. The number of hydrogen-bond donors (Lipinski definition) is 0. The first-order valence-electron chi connectivity index (χ1n) is 4.93. The standard InChI is InChI=1S/C13H6ClF2NO/c14-9-6-8(7-17)4-5-12(9)18-13-10(15)2-1-3-11(13)16/h1-6H. The van der Waals surface area contributed by atoms with Crippen LogP contribution in [0.4, 0.5) is 8.78 Å². The number of nitrogens with zero attached hydrogens (tertiary/aromatic N) is 1. The second-order valence-corrected chi connectivity index (χ2v) is 3.82. The lowest BCUT2D eigenvalue weighted by Gasteiger charge is -2.09. The highest BCUT2D eigenvalue weighted by molar-refractivity contribution is 6.32. The molecule has 2 nitrogen and oxygen atoms in total. The molecule has 0 N–H and O–H groups in total. The number of para-hydroxylation sites is 1. The largest absolute Gasteiger partial charge is 0.450 e. The highest BCUT2D eigenvalue weighted by Crippen LogP contribution is 2.32. The van der Waals surface area contributed by atoms with Crippen molar-refractivity contribution in [1.29, 1.82) is 5.26 Å². The van der Waals surface area contributed by atoms with Crippen molar-refractivity contribution in [3.63, 3.8) is 0 Å². The maximum atomic E-state index is 13.4. The molecule has 0 spiro atoms. The van der Waals surface area contributed by atoms with Gasteiger partial charge in [0.1, 0.15) is 5.75 Å². The van der Waals surface area contributed by atoms with E-state index in [1.165, 1.54) is 24.3 Å². The van der Waals surface area contributed by atoms with Gasteiger partial charge in [0.15, 0.2) is 17.4 Å². The smallest absolute Gasteiger partial charge is 0.198 e. The zero-order valence-corrected chi connectivity index (χ0v) is 9.71. The molecule has 2 aromatic rings. The van der Waals surface area contributed by atoms with Crippen LogP contribution in [0.3, 0.4) is 0 Å². The molecule has 0 fully saturated rings. The minimum Gasteiger partial charge on any atom is -0.450 e. The van der Waals surface area contributed by atoms with Crippen molar-refractivity contribution in [3.05, 3.63) is 58.6 Å². The average Bonchev–Trinajstić information content (AvgIpc) is 2.35. The second kappa shape index (κ2) is 5.03. The van der Waals surface area contributed by atoms with Crippen LogP contribution < -0.4 is 4.74 Å². The summed E-state index contributed by atoms with van der Waals surface area (Å²) >= 11 is 5.84. The fourth-order valence-corrected chi connectivity index (χ4v) is 1.56. The normalized spacial score (nSPS) is 9.89. The van der Waals surface area contributed by atoms with Gasteiger partial charge in [-0.05, 0) is 30.3 Å². The second-order valence-electron chi connectivity index (χ2n) is 3.41. The van der Waals surface area contributed by atoms with E-state index >= 15 is 0 Å². The van der Waals surface area contributed by atoms with Crippen LogP contribution in [0, 0.1) is 23.0 Å². The summed E-state index contributed by atoms with van der Waals surface area (Å²) in [4.78, 5) is 0. The van der Waals surface area contributed by atoms with E-state index in [0.29, 0.717) is 5.56 Å². The minimum atomic E-state index is -0.824. The van der Waals surface area contributed by atoms with Crippen molar-refractivity contribution in [1.82, 2.24) is 0 Å². The zero-order chi connectivity index (χ0) is 13.1. The number of benzene rings is 2. The molecule has 0 aromatic heterocycles. The first-order valence-corrected chi connectivity index (χ1v) is 5.31. The van der Waals surface area contributed by atoms with Gasteiger partial charge in [0.2, 0.25) is 0 Å². The van der Waals surface area contributed by atoms with E-state index in [0.717, 1.165) is 12.1 Å². The van der Waals surface area contributed by atoms with Crippen molar-refractivity contribution >= 4 is 11.6 Å². The van der Waals surface area contributed by atoms with Gasteiger partial charge < -0.3 is 4.74 Å². The highest BCUT2D eigenvalue weighted by Gasteiger charge is 2.12. The maximum absolute atomic E-state index is 13.4. The topological polar surface area (TPSA) is 33.0 Å². The van der Waals surface area contributed by atoms with Crippen LogP contribution in [-0.2, 0) is 0 Å². The Bertz CT molecular complexity index is 617. The predicted octanol–water partition coefficient (Wildman–Crippen LogP) is 4.28. The quantitative estimate of drug-likeness (QED) is 0.812. The van der Waals surface area contributed by atoms with E-state index in [-0.39, 0.29) is 10.8 Å². The lowest BCUT2D eigenvalue weighted by atomic mass is 10.2. The molecule has 0 saturated carbocycles. The zero-order valence-electron chi connectivity index (χ0n) is 8.95. The summed E-state index contributed by atoms with van der Waals surface area (Å²) < 4.78 is 31.8. The third-order valence-electron chi connectivity index (χ3n) is 2.19. The average molecular weight is 266 g/mol. The predicted molar refractivity (Wildman–Crippen MR) is 62.6 cm³/mol. The molecule has 5 heteroatoms. The van der Waals surface area contributed by atoms with Crippen LogP contribution in [0.15, 0.2) is 36.4 Å².